The molecule has 0 radical (unpaired) electrons. The van der Waals surface area contributed by atoms with Crippen molar-refractivity contribution < 1.29 is 45.7 Å². The third kappa shape index (κ3) is 14.7. The first kappa shape index (κ1) is 57.5. The van der Waals surface area contributed by atoms with Crippen LogP contribution in [0.1, 0.15) is 136 Å². The molecule has 2 aliphatic rings. The van der Waals surface area contributed by atoms with Crippen LogP contribution in [0.3, 0.4) is 0 Å². The van der Waals surface area contributed by atoms with Crippen LogP contribution in [0.15, 0.2) is 60.7 Å². The van der Waals surface area contributed by atoms with Crippen molar-refractivity contribution in [2.75, 3.05) is 71.1 Å². The highest BCUT2D eigenvalue weighted by Crippen LogP contribution is 2.36. The molecule has 0 aliphatic carbocycles. The van der Waals surface area contributed by atoms with E-state index in [-0.39, 0.29) is 23.6 Å². The molecule has 0 fully saturated rings. The maximum absolute atomic E-state index is 13.1. The third-order valence-electron chi connectivity index (χ3n) is 11.6. The van der Waals surface area contributed by atoms with Crippen molar-refractivity contribution in [3.63, 3.8) is 0 Å². The number of halogens is 1. The Bertz CT molecular complexity index is 2250. The number of anilines is 1. The number of carbonyl (C=O) groups is 4. The lowest BCUT2D eigenvalue weighted by atomic mass is 9.92. The minimum Gasteiger partial charge on any atom is -0.385 e. The van der Waals surface area contributed by atoms with Crippen LogP contribution in [-0.4, -0.2) is 117 Å². The average molecular weight is 1010 g/mol. The van der Waals surface area contributed by atoms with Gasteiger partial charge in [-0.2, -0.15) is 0 Å². The second-order valence-corrected chi connectivity index (χ2v) is 23.4. The number of amides is 4. The zero-order valence-electron chi connectivity index (χ0n) is 42.7. The Kier molecular flexibility index (Phi) is 23.4. The molecule has 380 valence electrons. The number of carbonyl (C=O) groups excluding carboxylic acids is 4. The van der Waals surface area contributed by atoms with Gasteiger partial charge in [0.1, 0.15) is 0 Å². The molecule has 0 saturated heterocycles. The standard InChI is InChI=1S/C26H38N2O5Si.C17H16ClNO2.C9H23NO3Si/c1-6-31-34(32-7-2,33-8-3)18-10-16-27-23-14-13-22-24-20(23)11-9-12-21(24)25(29)28(26(22)30)17-15-19(4)5;1-10(2)8-9-19-16(20)12-5-3-4-11-14(18)7-6-13(15(11)12)17(19)21;1-4-11-14(12-5-2,13-6-3)9-7-8-10/h9,11-14,19,27H,6-8,10,15-18H2,1-5H3;3-7,10H,8-9H2,1-2H3;4-10H2,1-3H3. The summed E-state index contributed by atoms with van der Waals surface area (Å²) in [4.78, 5) is 54.2. The normalized spacial score (nSPS) is 13.7. The Morgan fingerprint density at radius 2 is 0.913 bits per heavy atom. The van der Waals surface area contributed by atoms with Gasteiger partial charge in [-0.15, -0.1) is 0 Å². The quantitative estimate of drug-likeness (QED) is 0.0347. The molecule has 3 N–H and O–H groups in total. The van der Waals surface area contributed by atoms with Gasteiger partial charge < -0.3 is 37.6 Å². The van der Waals surface area contributed by atoms with E-state index in [0.29, 0.717) is 110 Å². The van der Waals surface area contributed by atoms with E-state index >= 15 is 0 Å². The molecule has 0 saturated carbocycles. The summed E-state index contributed by atoms with van der Waals surface area (Å²) in [6.45, 7) is 25.9. The number of rotatable bonds is 26. The van der Waals surface area contributed by atoms with E-state index in [4.69, 9.17) is 43.9 Å². The first-order chi connectivity index (χ1) is 33.1. The fraction of sp³-hybridized carbons (Fsp3) is 0.538. The smallest absolute Gasteiger partial charge is 0.385 e. The van der Waals surface area contributed by atoms with Crippen molar-refractivity contribution in [1.29, 1.82) is 0 Å². The largest absolute Gasteiger partial charge is 0.500 e. The fourth-order valence-electron chi connectivity index (χ4n) is 8.44. The van der Waals surface area contributed by atoms with Crippen LogP contribution in [0.25, 0.3) is 21.5 Å². The number of benzene rings is 4. The van der Waals surface area contributed by atoms with Gasteiger partial charge in [-0.3, -0.25) is 29.0 Å². The lowest BCUT2D eigenvalue weighted by Crippen LogP contribution is -2.46. The summed E-state index contributed by atoms with van der Waals surface area (Å²) in [5.74, 6) is -0.00182. The highest BCUT2D eigenvalue weighted by Gasteiger charge is 2.41. The van der Waals surface area contributed by atoms with Crippen LogP contribution >= 0.6 is 11.6 Å². The predicted molar refractivity (Wildman–Crippen MR) is 280 cm³/mol. The lowest BCUT2D eigenvalue weighted by Gasteiger charge is -2.29. The van der Waals surface area contributed by atoms with Gasteiger partial charge in [0.05, 0.1) is 0 Å². The molecule has 14 nitrogen and oxygen atoms in total. The van der Waals surface area contributed by atoms with E-state index in [1.54, 1.807) is 18.2 Å². The second-order valence-electron chi connectivity index (χ2n) is 17.5. The highest BCUT2D eigenvalue weighted by atomic mass is 35.5. The van der Waals surface area contributed by atoms with Crippen LogP contribution in [0.5, 0.6) is 0 Å². The van der Waals surface area contributed by atoms with E-state index < -0.39 is 17.6 Å². The maximum atomic E-state index is 13.1. The maximum Gasteiger partial charge on any atom is 0.500 e. The summed E-state index contributed by atoms with van der Waals surface area (Å²) in [6.07, 6.45) is 3.30. The Morgan fingerprint density at radius 3 is 1.32 bits per heavy atom. The molecule has 0 unspecified atom stereocenters. The highest BCUT2D eigenvalue weighted by molar-refractivity contribution is 6.61. The second kappa shape index (κ2) is 28.1. The summed E-state index contributed by atoms with van der Waals surface area (Å²) in [5.41, 5.74) is 8.70. The Hall–Kier alpha value is -4.08. The molecule has 4 amide bonds. The van der Waals surface area contributed by atoms with Gasteiger partial charge in [-0.1, -0.05) is 63.6 Å². The number of nitrogens with two attached hydrogens (primary N) is 1. The minimum atomic E-state index is -2.68. The van der Waals surface area contributed by atoms with Crippen molar-refractivity contribution in [3.05, 3.63) is 87.9 Å². The number of imide groups is 2. The monoisotopic (exact) mass is 1010 g/mol. The predicted octanol–water partition coefficient (Wildman–Crippen LogP) is 10.9. The molecule has 2 heterocycles. The van der Waals surface area contributed by atoms with Gasteiger partial charge in [-0.05, 0) is 122 Å². The van der Waals surface area contributed by atoms with Gasteiger partial charge >= 0.3 is 17.6 Å². The van der Waals surface area contributed by atoms with Gasteiger partial charge in [0, 0.05) is 126 Å². The SMILES string of the molecule is CC(C)CCN1C(=O)c2cccc3c(Cl)ccc(c23)C1=O.CCO[Si](CCCN)(OCC)OCC.CCO[Si](CCCNc1ccc2c3c(cccc13)C(=O)N(CCC(C)C)C2=O)(OCC)OCC. The molecule has 69 heavy (non-hydrogen) atoms. The van der Waals surface area contributed by atoms with Gasteiger partial charge in [0.25, 0.3) is 23.6 Å². The molecule has 2 aliphatic heterocycles. The molecule has 4 aromatic rings. The van der Waals surface area contributed by atoms with E-state index in [2.05, 4.69) is 33.0 Å². The molecule has 4 aromatic carbocycles. The number of nitrogens with zero attached hydrogens (tertiary/aromatic N) is 2. The van der Waals surface area contributed by atoms with E-state index in [9.17, 15) is 19.2 Å². The van der Waals surface area contributed by atoms with E-state index in [0.717, 1.165) is 59.6 Å². The first-order valence-corrected chi connectivity index (χ1v) is 29.1. The number of hydrogen-bond donors (Lipinski definition) is 2. The number of nitrogens with one attached hydrogen (secondary N) is 1. The number of hydrogen-bond acceptors (Lipinski definition) is 12. The van der Waals surface area contributed by atoms with E-state index in [1.807, 2.05) is 84.0 Å². The average Bonchev–Trinajstić information content (AvgIpc) is 3.32. The summed E-state index contributed by atoms with van der Waals surface area (Å²) in [5, 5.41) is 7.13. The first-order valence-electron chi connectivity index (χ1n) is 24.9. The fourth-order valence-corrected chi connectivity index (χ4v) is 13.9. The lowest BCUT2D eigenvalue weighted by molar-refractivity contribution is 0.0588. The molecule has 0 spiro atoms. The van der Waals surface area contributed by atoms with Crippen LogP contribution in [-0.2, 0) is 26.6 Å². The van der Waals surface area contributed by atoms with E-state index in [1.165, 1.54) is 9.80 Å². The molecule has 0 aromatic heterocycles. The minimum absolute atomic E-state index is 0.207. The van der Waals surface area contributed by atoms with Gasteiger partial charge in [-0.25, -0.2) is 0 Å². The molecule has 0 bridgehead atoms. The van der Waals surface area contributed by atoms with Crippen molar-refractivity contribution in [1.82, 2.24) is 9.80 Å². The van der Waals surface area contributed by atoms with Crippen molar-refractivity contribution in [2.45, 2.75) is 107 Å². The van der Waals surface area contributed by atoms with Crippen LogP contribution in [0.4, 0.5) is 5.69 Å². The van der Waals surface area contributed by atoms with Crippen molar-refractivity contribution in [2.24, 2.45) is 17.6 Å². The summed E-state index contributed by atoms with van der Waals surface area (Å²) in [7, 11) is -5.08. The van der Waals surface area contributed by atoms with Crippen LogP contribution in [0.2, 0.25) is 17.1 Å². The van der Waals surface area contributed by atoms with Crippen molar-refractivity contribution >= 4 is 80.1 Å². The summed E-state index contributed by atoms with van der Waals surface area (Å²) >= 11 is 6.18. The van der Waals surface area contributed by atoms with Crippen molar-refractivity contribution in [3.8, 4) is 0 Å². The van der Waals surface area contributed by atoms with Gasteiger partial charge in [0.15, 0.2) is 0 Å². The topological polar surface area (TPSA) is 168 Å². The molecular weight excluding hydrogens is 932 g/mol. The zero-order chi connectivity index (χ0) is 50.7. The van der Waals surface area contributed by atoms with Crippen LogP contribution < -0.4 is 11.1 Å². The molecular formula is C52H77ClN4O10Si2. The zero-order valence-corrected chi connectivity index (χ0v) is 45.4. The Balaban J connectivity index is 0.000000251. The third-order valence-corrected chi connectivity index (χ3v) is 18.3. The Labute approximate surface area is 417 Å². The van der Waals surface area contributed by atoms with Gasteiger partial charge in [0.2, 0.25) is 0 Å². The van der Waals surface area contributed by atoms with Crippen LogP contribution in [0, 0.1) is 11.8 Å². The summed E-state index contributed by atoms with van der Waals surface area (Å²) in [6, 6.07) is 19.8. The molecule has 17 heteroatoms. The molecule has 6 rings (SSSR count). The summed E-state index contributed by atoms with van der Waals surface area (Å²) < 4.78 is 34.8. The Morgan fingerprint density at radius 1 is 0.536 bits per heavy atom. The molecule has 0 atom stereocenters.